The number of halogens is 2. The maximum absolute atomic E-state index is 6.84. The number of hydrogen-bond donors (Lipinski definition) is 0. The smallest absolute Gasteiger partial charge is 0.123 e. The van der Waals surface area contributed by atoms with Gasteiger partial charge in [-0.15, -0.1) is 56.7 Å². The van der Waals surface area contributed by atoms with Crippen LogP contribution in [-0.4, -0.2) is 36.4 Å². The van der Waals surface area contributed by atoms with Crippen molar-refractivity contribution in [2.24, 2.45) is 0 Å². The third kappa shape index (κ3) is 25.5. The monoisotopic (exact) mass is 1510 g/mol. The van der Waals surface area contributed by atoms with Gasteiger partial charge in [0.15, 0.2) is 0 Å². The summed E-state index contributed by atoms with van der Waals surface area (Å²) in [6, 6.07) is 27.2. The van der Waals surface area contributed by atoms with Gasteiger partial charge < -0.3 is 18.9 Å². The molecule has 95 heavy (non-hydrogen) atoms. The number of benzene rings is 2. The second-order valence-electron chi connectivity index (χ2n) is 26.4. The van der Waals surface area contributed by atoms with Crippen molar-refractivity contribution in [3.8, 4) is 84.5 Å². The molecule has 8 rings (SSSR count). The number of ether oxygens (including phenoxy) is 4. The van der Waals surface area contributed by atoms with Crippen molar-refractivity contribution >= 4 is 99.6 Å². The zero-order valence-corrected chi connectivity index (χ0v) is 66.2. The molecule has 6 nitrogen and oxygen atoms in total. The first-order chi connectivity index (χ1) is 46.7. The molecule has 0 aliphatic carbocycles. The summed E-state index contributed by atoms with van der Waals surface area (Å²) in [4.78, 5) is 22.5. The zero-order chi connectivity index (χ0) is 66.7. The number of thiophene rings is 5. The fourth-order valence-corrected chi connectivity index (χ4v) is 19.5. The maximum atomic E-state index is 6.84. The zero-order valence-electron chi connectivity index (χ0n) is 59.0. The van der Waals surface area contributed by atoms with E-state index in [1.165, 1.54) is 230 Å². The maximum Gasteiger partial charge on any atom is 0.123 e. The summed E-state index contributed by atoms with van der Waals surface area (Å²) in [5, 5.41) is 0. The van der Waals surface area contributed by atoms with Crippen LogP contribution in [0.3, 0.4) is 0 Å². The molecule has 2 aromatic carbocycles. The lowest BCUT2D eigenvalue weighted by Crippen LogP contribution is -2.03. The van der Waals surface area contributed by atoms with Crippen molar-refractivity contribution in [1.29, 1.82) is 0 Å². The molecule has 0 aliphatic heterocycles. The third-order valence-corrected chi connectivity index (χ3v) is 25.7. The van der Waals surface area contributed by atoms with E-state index in [1.807, 2.05) is 56.7 Å². The highest BCUT2D eigenvalue weighted by Gasteiger charge is 2.28. The number of nitrogens with zero attached hydrogens (tertiary/aromatic N) is 2. The minimum Gasteiger partial charge on any atom is -0.493 e. The number of aryl methyl sites for hydroxylation is 2. The molecular weight excluding hydrogens is 1400 g/mol. The van der Waals surface area contributed by atoms with Crippen molar-refractivity contribution in [2.45, 2.75) is 286 Å². The van der Waals surface area contributed by atoms with E-state index in [2.05, 4.69) is 146 Å². The van der Waals surface area contributed by atoms with Gasteiger partial charge in [0.25, 0.3) is 0 Å². The highest BCUT2D eigenvalue weighted by molar-refractivity contribution is 9.11. The van der Waals surface area contributed by atoms with Gasteiger partial charge in [-0.3, -0.25) is 0 Å². The number of fused-ring (bicyclic) bond motifs is 1. The normalized spacial score (nSPS) is 11.7. The van der Waals surface area contributed by atoms with Gasteiger partial charge >= 0.3 is 0 Å². The summed E-state index contributed by atoms with van der Waals surface area (Å²) < 4.78 is 29.7. The Hall–Kier alpha value is -3.56. The van der Waals surface area contributed by atoms with Crippen molar-refractivity contribution < 1.29 is 18.9 Å². The van der Waals surface area contributed by atoms with Crippen LogP contribution < -0.4 is 18.9 Å². The first kappa shape index (κ1) is 77.2. The standard InChI is InChI=1S/C82H114Br2N2O4S5/c1-7-13-19-25-31-37-43-61-57-71(93-79(61)69-45-47-73(83)91-69)81-77-78(82(95-81)72-58-62(44-38-32-26-20-14-8-2)80(94-72)70-46-48-74(84)92-70)86-76(64-55-67(89-51-41-35-29-23-17-11-5)60-68(56-64)90-52-42-36-30-24-18-12-6)75(85-77)63-53-65(87-49-39-33-27-21-15-9-3)59-66(54-63)88-50-40-34-28-22-16-10-4/h45-48,53-60H,7-44,49-52H2,1-6H3. The molecule has 0 amide bonds. The van der Waals surface area contributed by atoms with E-state index < -0.39 is 0 Å². The van der Waals surface area contributed by atoms with Gasteiger partial charge in [-0.2, -0.15) is 0 Å². The predicted octanol–water partition coefficient (Wildman–Crippen LogP) is 30.2. The summed E-state index contributed by atoms with van der Waals surface area (Å²) in [6.07, 6.45) is 46.0. The Morgan fingerprint density at radius 3 is 0.853 bits per heavy atom. The van der Waals surface area contributed by atoms with Gasteiger partial charge in [-0.25, -0.2) is 9.97 Å². The fraction of sp³-hybridized carbons (Fsp3) is 0.585. The summed E-state index contributed by atoms with van der Waals surface area (Å²) in [6.45, 7) is 16.4. The summed E-state index contributed by atoms with van der Waals surface area (Å²) >= 11 is 17.2. The average molecular weight is 1510 g/mol. The lowest BCUT2D eigenvalue weighted by atomic mass is 10.0. The predicted molar refractivity (Wildman–Crippen MR) is 427 cm³/mol. The SMILES string of the molecule is CCCCCCCCOc1cc(OCCCCCCCC)cc(-c2nc3c(-c4cc(CCCCCCCC)c(-c5ccc(Br)s5)s4)sc(-c4cc(CCCCCCCC)c(-c5ccc(Br)s5)s4)c3nc2-c2cc(OCCCCCCCC)cc(OCCCCCCCC)c2)c1. The summed E-state index contributed by atoms with van der Waals surface area (Å²) in [5.74, 6) is 3.22. The van der Waals surface area contributed by atoms with Crippen LogP contribution in [-0.2, 0) is 12.8 Å². The fourth-order valence-electron chi connectivity index (χ4n) is 12.7. The van der Waals surface area contributed by atoms with Gasteiger partial charge in [-0.05, 0) is 155 Å². The second-order valence-corrected chi connectivity index (χ2v) is 34.5. The topological polar surface area (TPSA) is 62.7 Å². The van der Waals surface area contributed by atoms with Gasteiger partial charge in [0.2, 0.25) is 0 Å². The van der Waals surface area contributed by atoms with Crippen molar-refractivity contribution in [2.75, 3.05) is 26.4 Å². The quantitative estimate of drug-likeness (QED) is 0.0354. The molecule has 8 aromatic rings. The second kappa shape index (κ2) is 44.5. The molecule has 0 unspecified atom stereocenters. The van der Waals surface area contributed by atoms with E-state index in [9.17, 15) is 0 Å². The molecule has 0 radical (unpaired) electrons. The number of aromatic nitrogens is 2. The molecule has 520 valence electrons. The number of unbranched alkanes of at least 4 members (excludes halogenated alkanes) is 30. The minimum atomic E-state index is 0.647. The summed E-state index contributed by atoms with van der Waals surface area (Å²) in [5.41, 5.74) is 8.20. The molecule has 0 spiro atoms. The van der Waals surface area contributed by atoms with Crippen molar-refractivity contribution in [1.82, 2.24) is 9.97 Å². The van der Waals surface area contributed by atoms with Crippen LogP contribution in [0.4, 0.5) is 0 Å². The van der Waals surface area contributed by atoms with Crippen molar-refractivity contribution in [3.05, 3.63) is 91.5 Å². The molecule has 6 heterocycles. The molecule has 0 aliphatic rings. The molecule has 0 fully saturated rings. The Kier molecular flexibility index (Phi) is 36.2. The number of rotatable bonds is 52. The van der Waals surface area contributed by atoms with E-state index >= 15 is 0 Å². The highest BCUT2D eigenvalue weighted by Crippen LogP contribution is 2.53. The van der Waals surface area contributed by atoms with E-state index in [4.69, 9.17) is 28.9 Å². The van der Waals surface area contributed by atoms with Crippen LogP contribution in [0, 0.1) is 0 Å². The molecule has 6 aromatic heterocycles. The van der Waals surface area contributed by atoms with Crippen LogP contribution in [0.1, 0.15) is 284 Å². The largest absolute Gasteiger partial charge is 0.493 e. The minimum absolute atomic E-state index is 0.647. The molecule has 13 heteroatoms. The first-order valence-electron chi connectivity index (χ1n) is 37.7. The average Bonchev–Trinajstić information content (AvgIpc) is 1.61. The molecule has 0 saturated carbocycles. The van der Waals surface area contributed by atoms with Crippen LogP contribution in [0.15, 0.2) is 80.4 Å². The molecule has 0 bridgehead atoms. The van der Waals surface area contributed by atoms with Crippen LogP contribution in [0.25, 0.3) is 72.6 Å². The Bertz CT molecular complexity index is 3130. The van der Waals surface area contributed by atoms with Crippen LogP contribution in [0.5, 0.6) is 23.0 Å². The van der Waals surface area contributed by atoms with E-state index in [0.29, 0.717) is 26.4 Å². The van der Waals surface area contributed by atoms with Crippen LogP contribution in [0.2, 0.25) is 0 Å². The Balaban J connectivity index is 1.35. The van der Waals surface area contributed by atoms with E-state index in [1.54, 1.807) is 0 Å². The van der Waals surface area contributed by atoms with E-state index in [0.717, 1.165) is 128 Å². The Morgan fingerprint density at radius 1 is 0.284 bits per heavy atom. The van der Waals surface area contributed by atoms with Gasteiger partial charge in [0.1, 0.15) is 34.0 Å². The van der Waals surface area contributed by atoms with Crippen molar-refractivity contribution in [3.63, 3.8) is 0 Å². The Morgan fingerprint density at radius 2 is 0.568 bits per heavy atom. The third-order valence-electron chi connectivity index (χ3n) is 18.2. The Labute approximate surface area is 611 Å². The lowest BCUT2D eigenvalue weighted by Gasteiger charge is -2.16. The highest BCUT2D eigenvalue weighted by atomic mass is 79.9. The first-order valence-corrected chi connectivity index (χ1v) is 43.3. The van der Waals surface area contributed by atoms with Gasteiger partial charge in [0.05, 0.1) is 55.1 Å². The molecule has 0 atom stereocenters. The van der Waals surface area contributed by atoms with Crippen LogP contribution >= 0.6 is 88.5 Å². The van der Waals surface area contributed by atoms with Gasteiger partial charge in [0, 0.05) is 52.5 Å². The van der Waals surface area contributed by atoms with E-state index in [-0.39, 0.29) is 0 Å². The molecule has 0 N–H and O–H groups in total. The number of hydrogen-bond acceptors (Lipinski definition) is 11. The summed E-state index contributed by atoms with van der Waals surface area (Å²) in [7, 11) is 0. The molecular formula is C82H114Br2N2O4S5. The van der Waals surface area contributed by atoms with Gasteiger partial charge in [-0.1, -0.05) is 234 Å². The lowest BCUT2D eigenvalue weighted by molar-refractivity contribution is 0.289. The molecule has 0 saturated heterocycles.